The standard InChI is InChI=1S/C13H16B2/c1-11(2,3)13(14,15)12-8-5-4-6(8)10(12)7(4)9(5)12/h4-10H,1-3H3. The lowest BCUT2D eigenvalue weighted by Crippen LogP contribution is -3.07. The molecule has 0 aromatic heterocycles. The lowest BCUT2D eigenvalue weighted by Gasteiger charge is -3.11. The van der Waals surface area contributed by atoms with Crippen LogP contribution in [0.5, 0.6) is 0 Å². The van der Waals surface area contributed by atoms with Gasteiger partial charge in [-0.2, -0.15) is 0 Å². The van der Waals surface area contributed by atoms with E-state index in [0.717, 1.165) is 41.4 Å². The van der Waals surface area contributed by atoms with Gasteiger partial charge in [-0.3, -0.25) is 0 Å². The second kappa shape index (κ2) is 1.59. The highest BCUT2D eigenvalue weighted by atomic mass is 15.1. The molecule has 0 aliphatic heterocycles. The Bertz CT molecular complexity index is 352. The zero-order valence-electron chi connectivity index (χ0n) is 9.70. The summed E-state index contributed by atoms with van der Waals surface area (Å²) < 4.78 is 0. The Balaban J connectivity index is 1.63. The van der Waals surface area contributed by atoms with Crippen molar-refractivity contribution in [3.63, 3.8) is 0 Å². The Morgan fingerprint density at radius 3 is 1.53 bits per heavy atom. The summed E-state index contributed by atoms with van der Waals surface area (Å²) in [7, 11) is 13.1. The van der Waals surface area contributed by atoms with Crippen molar-refractivity contribution >= 4 is 15.7 Å². The third-order valence-electron chi connectivity index (χ3n) is 7.43. The fraction of sp³-hybridized carbons (Fsp3) is 1.00. The molecule has 0 nitrogen and oxygen atoms in total. The zero-order chi connectivity index (χ0) is 10.5. The van der Waals surface area contributed by atoms with Crippen molar-refractivity contribution < 1.29 is 0 Å². The second-order valence-corrected chi connectivity index (χ2v) is 7.94. The van der Waals surface area contributed by atoms with E-state index in [2.05, 4.69) is 20.8 Å². The van der Waals surface area contributed by atoms with Crippen LogP contribution in [0.2, 0.25) is 5.21 Å². The maximum absolute atomic E-state index is 6.57. The molecule has 6 aliphatic carbocycles. The van der Waals surface area contributed by atoms with E-state index in [1.54, 1.807) is 0 Å². The van der Waals surface area contributed by atoms with Gasteiger partial charge in [-0.25, -0.2) is 0 Å². The molecule has 0 bridgehead atoms. The van der Waals surface area contributed by atoms with Gasteiger partial charge in [-0.15, -0.1) is 0 Å². The predicted molar refractivity (Wildman–Crippen MR) is 60.5 cm³/mol. The fourth-order valence-electron chi connectivity index (χ4n) is 6.91. The minimum absolute atomic E-state index is 0.0484. The molecule has 0 amide bonds. The molecule has 0 atom stereocenters. The van der Waals surface area contributed by atoms with Crippen molar-refractivity contribution in [2.75, 3.05) is 0 Å². The largest absolute Gasteiger partial charge is 0.0881 e. The van der Waals surface area contributed by atoms with Crippen LogP contribution in [0.3, 0.4) is 0 Å². The molecule has 0 aromatic rings. The maximum atomic E-state index is 6.57. The van der Waals surface area contributed by atoms with E-state index in [1.807, 2.05) is 0 Å². The van der Waals surface area contributed by atoms with E-state index in [-0.39, 0.29) is 5.41 Å². The van der Waals surface area contributed by atoms with Crippen LogP contribution >= 0.6 is 0 Å². The third kappa shape index (κ3) is 0.400. The van der Waals surface area contributed by atoms with Gasteiger partial charge in [0.2, 0.25) is 0 Å². The molecule has 6 saturated carbocycles. The first kappa shape index (κ1) is 8.25. The molecule has 6 rings (SSSR count). The Kier molecular flexibility index (Phi) is 0.875. The van der Waals surface area contributed by atoms with E-state index < -0.39 is 5.21 Å². The van der Waals surface area contributed by atoms with Crippen LogP contribution < -0.4 is 0 Å². The average Bonchev–Trinajstić information content (AvgIpc) is 2.16. The van der Waals surface area contributed by atoms with E-state index in [4.69, 9.17) is 15.7 Å². The first-order valence-electron chi connectivity index (χ1n) is 6.44. The SMILES string of the molecule is [B]C([B])(C(C)(C)C)C12C3C4C5C3C1C5C42. The monoisotopic (exact) mass is 194 g/mol. The van der Waals surface area contributed by atoms with E-state index in [0.29, 0.717) is 5.41 Å². The highest BCUT2D eigenvalue weighted by Crippen LogP contribution is 3.09. The molecule has 74 valence electrons. The zero-order valence-corrected chi connectivity index (χ0v) is 9.70. The molecule has 0 unspecified atom stereocenters. The minimum Gasteiger partial charge on any atom is -0.0881 e. The summed E-state index contributed by atoms with van der Waals surface area (Å²) in [6.45, 7) is 6.65. The van der Waals surface area contributed by atoms with Crippen LogP contribution in [0, 0.1) is 52.3 Å². The molecule has 0 N–H and O–H groups in total. The van der Waals surface area contributed by atoms with E-state index in [1.165, 1.54) is 0 Å². The average molecular weight is 194 g/mol. The van der Waals surface area contributed by atoms with Crippen LogP contribution in [0.1, 0.15) is 20.8 Å². The minimum atomic E-state index is -0.422. The molecule has 0 spiro atoms. The van der Waals surface area contributed by atoms with Gasteiger partial charge < -0.3 is 0 Å². The summed E-state index contributed by atoms with van der Waals surface area (Å²) in [4.78, 5) is 0. The highest BCUT2D eigenvalue weighted by Gasteiger charge is 3.05. The van der Waals surface area contributed by atoms with Crippen molar-refractivity contribution in [2.45, 2.75) is 26.0 Å². The molecular formula is C13H16B2. The van der Waals surface area contributed by atoms with Crippen molar-refractivity contribution in [3.8, 4) is 0 Å². The molecular weight excluding hydrogens is 178 g/mol. The van der Waals surface area contributed by atoms with Gasteiger partial charge in [0.05, 0.1) is 15.7 Å². The summed E-state index contributed by atoms with van der Waals surface area (Å²) in [6, 6.07) is 0. The van der Waals surface area contributed by atoms with Crippen LogP contribution in [-0.4, -0.2) is 15.7 Å². The smallest absolute Gasteiger partial charge is 0.0635 e. The van der Waals surface area contributed by atoms with Crippen LogP contribution in [0.25, 0.3) is 0 Å². The normalized spacial score (nSPS) is 70.5. The van der Waals surface area contributed by atoms with Gasteiger partial charge in [0, 0.05) is 0 Å². The van der Waals surface area contributed by atoms with Crippen molar-refractivity contribution in [1.29, 1.82) is 0 Å². The molecule has 6 fully saturated rings. The lowest BCUT2D eigenvalue weighted by molar-refractivity contribution is -0.621. The highest BCUT2D eigenvalue weighted by molar-refractivity contribution is 6.41. The van der Waals surface area contributed by atoms with Gasteiger partial charge >= 0.3 is 0 Å². The summed E-state index contributed by atoms with van der Waals surface area (Å²) >= 11 is 0. The molecule has 0 aromatic carbocycles. The predicted octanol–water partition coefficient (Wildman–Crippen LogP) is 1.85. The van der Waals surface area contributed by atoms with Crippen molar-refractivity contribution in [1.82, 2.24) is 0 Å². The number of hydrogen-bond acceptors (Lipinski definition) is 0. The second-order valence-electron chi connectivity index (χ2n) is 7.94. The van der Waals surface area contributed by atoms with E-state index in [9.17, 15) is 0 Å². The van der Waals surface area contributed by atoms with Crippen LogP contribution in [0.4, 0.5) is 0 Å². The first-order valence-corrected chi connectivity index (χ1v) is 6.44. The van der Waals surface area contributed by atoms with Crippen molar-refractivity contribution in [2.24, 2.45) is 52.3 Å². The van der Waals surface area contributed by atoms with Gasteiger partial charge in [0.15, 0.2) is 0 Å². The van der Waals surface area contributed by atoms with Gasteiger partial charge in [-0.1, -0.05) is 26.0 Å². The van der Waals surface area contributed by atoms with Gasteiger partial charge in [-0.05, 0) is 52.3 Å². The Labute approximate surface area is 94.4 Å². The fourth-order valence-corrected chi connectivity index (χ4v) is 6.91. The van der Waals surface area contributed by atoms with Crippen molar-refractivity contribution in [3.05, 3.63) is 0 Å². The Morgan fingerprint density at radius 1 is 0.800 bits per heavy atom. The van der Waals surface area contributed by atoms with E-state index >= 15 is 0 Å². The Hall–Kier alpha value is 0.130. The molecule has 6 aliphatic rings. The molecule has 0 heterocycles. The maximum Gasteiger partial charge on any atom is 0.0635 e. The molecule has 15 heavy (non-hydrogen) atoms. The molecule has 4 radical (unpaired) electrons. The van der Waals surface area contributed by atoms with Gasteiger partial charge in [0.1, 0.15) is 0 Å². The summed E-state index contributed by atoms with van der Waals surface area (Å²) in [5.41, 5.74) is 0.451. The molecule has 0 saturated heterocycles. The van der Waals surface area contributed by atoms with Crippen LogP contribution in [-0.2, 0) is 0 Å². The third-order valence-corrected chi connectivity index (χ3v) is 7.43. The van der Waals surface area contributed by atoms with Crippen LogP contribution in [0.15, 0.2) is 0 Å². The number of rotatable bonds is 1. The summed E-state index contributed by atoms with van der Waals surface area (Å²) in [5, 5.41) is -0.422. The Morgan fingerprint density at radius 2 is 1.20 bits per heavy atom. The first-order chi connectivity index (χ1) is 6.87. The summed E-state index contributed by atoms with van der Waals surface area (Å²) in [6.07, 6.45) is 0. The molecule has 2 heteroatoms. The summed E-state index contributed by atoms with van der Waals surface area (Å²) in [5.74, 6) is 7.27. The van der Waals surface area contributed by atoms with Gasteiger partial charge in [0.25, 0.3) is 0 Å². The number of hydrogen-bond donors (Lipinski definition) is 0. The lowest BCUT2D eigenvalue weighted by atomic mass is 8.92. The quantitative estimate of drug-likeness (QED) is 0.558. The topological polar surface area (TPSA) is 0 Å².